The average Bonchev–Trinajstić information content (AvgIpc) is 2.53. The van der Waals surface area contributed by atoms with E-state index in [1.807, 2.05) is 30.3 Å². The number of benzene rings is 2. The molecule has 0 saturated heterocycles. The van der Waals surface area contributed by atoms with Crippen molar-refractivity contribution in [2.24, 2.45) is 0 Å². The number of aromatic carboxylic acids is 1. The van der Waals surface area contributed by atoms with Gasteiger partial charge in [0, 0.05) is 0 Å². The third kappa shape index (κ3) is 3.48. The van der Waals surface area contributed by atoms with Gasteiger partial charge in [0.05, 0.1) is 0 Å². The van der Waals surface area contributed by atoms with E-state index < -0.39 is 19.5 Å². The van der Waals surface area contributed by atoms with E-state index in [9.17, 15) is 8.53 Å². The van der Waals surface area contributed by atoms with Gasteiger partial charge in [0.1, 0.15) is 0 Å². The number of hydrogen-bond donors (Lipinski definition) is 1. The Kier molecular flexibility index (Phi) is 5.08. The second kappa shape index (κ2) is 6.82. The summed E-state index contributed by atoms with van der Waals surface area (Å²) in [6.45, 7) is 2.08. The molecule has 0 fully saturated rings. The quantitative estimate of drug-likeness (QED) is 0.819. The number of carboxylic acid groups (broad SMARTS) is 1. The molecule has 0 spiro atoms. The number of rotatable bonds is 6. The first-order valence-electron chi connectivity index (χ1n) is 7.06. The van der Waals surface area contributed by atoms with E-state index in [1.165, 1.54) is 0 Å². The topological polar surface area (TPSA) is 54.4 Å². The van der Waals surface area contributed by atoms with Gasteiger partial charge in [-0.05, 0) is 0 Å². The van der Waals surface area contributed by atoms with Crippen molar-refractivity contribution < 1.29 is 13.6 Å². The fourth-order valence-electron chi connectivity index (χ4n) is 2.30. The Morgan fingerprint density at radius 2 is 1.57 bits per heavy atom. The van der Waals surface area contributed by atoms with Crippen LogP contribution >= 0.6 is 0 Å². The molecule has 1 N–H and O–H groups in total. The van der Waals surface area contributed by atoms with Gasteiger partial charge >= 0.3 is 127 Å². The fourth-order valence-corrected chi connectivity index (χ4v) is 8.30. The fraction of sp³-hybridized carbons (Fsp3) is 0.235. The van der Waals surface area contributed by atoms with Crippen molar-refractivity contribution in [2.45, 2.75) is 25.0 Å². The Bertz CT molecular complexity index is 647. The molecule has 21 heavy (non-hydrogen) atoms. The zero-order valence-corrected chi connectivity index (χ0v) is 13.9. The van der Waals surface area contributed by atoms with Crippen molar-refractivity contribution in [2.75, 3.05) is 0 Å². The average molecular weight is 346 g/mol. The molecule has 0 amide bonds. The van der Waals surface area contributed by atoms with Crippen LogP contribution in [0.5, 0.6) is 0 Å². The molecule has 3 nitrogen and oxygen atoms in total. The van der Waals surface area contributed by atoms with Crippen LogP contribution in [-0.2, 0) is 3.74 Å². The van der Waals surface area contributed by atoms with Crippen LogP contribution in [-0.4, -0.2) is 24.6 Å². The molecule has 1 unspecified atom stereocenters. The summed E-state index contributed by atoms with van der Waals surface area (Å²) in [4.78, 5) is 10.9. The van der Waals surface area contributed by atoms with Gasteiger partial charge < -0.3 is 0 Å². The van der Waals surface area contributed by atoms with Crippen molar-refractivity contribution in [3.63, 3.8) is 0 Å². The van der Waals surface area contributed by atoms with E-state index in [1.54, 1.807) is 24.3 Å². The van der Waals surface area contributed by atoms with E-state index in [0.29, 0.717) is 5.21 Å². The van der Waals surface area contributed by atoms with Crippen LogP contribution in [0.15, 0.2) is 54.6 Å². The van der Waals surface area contributed by atoms with Crippen molar-refractivity contribution in [3.8, 4) is 0 Å². The van der Waals surface area contributed by atoms with Crippen LogP contribution in [0, 0.1) is 0 Å². The molecule has 2 aromatic carbocycles. The first-order chi connectivity index (χ1) is 10.1. The maximum absolute atomic E-state index is 13.6. The summed E-state index contributed by atoms with van der Waals surface area (Å²) in [5.41, 5.74) is 0.226. The molecule has 0 radical (unpaired) electrons. The van der Waals surface area contributed by atoms with Gasteiger partial charge in [0.25, 0.3) is 0 Å². The van der Waals surface area contributed by atoms with Crippen molar-refractivity contribution in [3.05, 3.63) is 60.2 Å². The molecule has 4 heteroatoms. The predicted octanol–water partition coefficient (Wildman–Crippen LogP) is 2.68. The molecule has 0 aliphatic carbocycles. The van der Waals surface area contributed by atoms with Gasteiger partial charge in [-0.2, -0.15) is 0 Å². The standard InChI is InChI=1S/C17H19AsO3/c1-2-3-13-18(21,15-7-5-4-6-8-15)16-11-9-14(10-12-16)17(19)20/h4-12H,2-3,13H2,1H3,(H,19,20). The predicted molar refractivity (Wildman–Crippen MR) is 85.3 cm³/mol. The minimum absolute atomic E-state index is 0.226. The summed E-state index contributed by atoms with van der Waals surface area (Å²) in [7, 11) is 0. The third-order valence-electron chi connectivity index (χ3n) is 3.53. The molecule has 0 aliphatic heterocycles. The second-order valence-electron chi connectivity index (χ2n) is 5.00. The van der Waals surface area contributed by atoms with Gasteiger partial charge in [-0.15, -0.1) is 0 Å². The number of carbonyl (C=O) groups is 1. The van der Waals surface area contributed by atoms with E-state index in [4.69, 9.17) is 5.11 Å². The van der Waals surface area contributed by atoms with Crippen molar-refractivity contribution in [1.82, 2.24) is 0 Å². The first-order valence-corrected chi connectivity index (χ1v) is 11.0. The molecule has 110 valence electrons. The molecule has 2 aromatic rings. The van der Waals surface area contributed by atoms with Crippen LogP contribution < -0.4 is 8.70 Å². The summed E-state index contributed by atoms with van der Waals surface area (Å²) in [6, 6.07) is 16.1. The summed E-state index contributed by atoms with van der Waals surface area (Å²) in [5, 5.41) is 9.64. The Morgan fingerprint density at radius 3 is 2.10 bits per heavy atom. The Hall–Kier alpha value is -1.73. The van der Waals surface area contributed by atoms with Gasteiger partial charge in [-0.25, -0.2) is 0 Å². The number of carboxylic acids is 1. The Labute approximate surface area is 127 Å². The molecule has 0 saturated carbocycles. The van der Waals surface area contributed by atoms with Crippen LogP contribution in [0.1, 0.15) is 30.1 Å². The van der Waals surface area contributed by atoms with Crippen molar-refractivity contribution >= 4 is 28.2 Å². The van der Waals surface area contributed by atoms with E-state index in [0.717, 1.165) is 21.5 Å². The van der Waals surface area contributed by atoms with Crippen LogP contribution in [0.3, 0.4) is 0 Å². The van der Waals surface area contributed by atoms with Crippen LogP contribution in [0.4, 0.5) is 0 Å². The molecule has 0 heterocycles. The molecule has 0 aromatic heterocycles. The molecular weight excluding hydrogens is 327 g/mol. The van der Waals surface area contributed by atoms with Crippen LogP contribution in [0.2, 0.25) is 5.21 Å². The van der Waals surface area contributed by atoms with Gasteiger partial charge in [-0.1, -0.05) is 0 Å². The zero-order valence-electron chi connectivity index (χ0n) is 12.0. The van der Waals surface area contributed by atoms with E-state index in [2.05, 4.69) is 6.92 Å². The van der Waals surface area contributed by atoms with Crippen molar-refractivity contribution in [1.29, 1.82) is 0 Å². The number of hydrogen-bond acceptors (Lipinski definition) is 2. The zero-order chi connectivity index (χ0) is 15.3. The Balaban J connectivity index is 2.45. The minimum atomic E-state index is -3.43. The van der Waals surface area contributed by atoms with Gasteiger partial charge in [0.2, 0.25) is 0 Å². The molecule has 0 aliphatic rings. The maximum atomic E-state index is 13.6. The summed E-state index contributed by atoms with van der Waals surface area (Å²) in [6.07, 6.45) is 1.90. The van der Waals surface area contributed by atoms with Crippen LogP contribution in [0.25, 0.3) is 0 Å². The Morgan fingerprint density at radius 1 is 1.00 bits per heavy atom. The van der Waals surface area contributed by atoms with Gasteiger partial charge in [-0.3, -0.25) is 0 Å². The molecule has 0 bridgehead atoms. The van der Waals surface area contributed by atoms with E-state index in [-0.39, 0.29) is 5.56 Å². The monoisotopic (exact) mass is 346 g/mol. The third-order valence-corrected chi connectivity index (χ3v) is 10.3. The van der Waals surface area contributed by atoms with E-state index >= 15 is 0 Å². The summed E-state index contributed by atoms with van der Waals surface area (Å²) < 4.78 is 15.3. The summed E-state index contributed by atoms with van der Waals surface area (Å²) >= 11 is -3.43. The second-order valence-corrected chi connectivity index (χ2v) is 11.2. The summed E-state index contributed by atoms with van der Waals surface area (Å²) in [5.74, 6) is -0.961. The SMILES string of the molecule is CCCC[As](=O)(c1ccccc1)c1ccc(C(=O)O)cc1. The molecular formula is C17H19AsO3. The molecule has 1 atom stereocenters. The number of unbranched alkanes of at least 4 members (excludes halogenated alkanes) is 1. The normalized spacial score (nSPS) is 13.6. The first kappa shape index (κ1) is 15.7. The van der Waals surface area contributed by atoms with Gasteiger partial charge in [0.15, 0.2) is 0 Å². The molecule has 2 rings (SSSR count).